The average Bonchev–Trinajstić information content (AvgIpc) is 2.45. The van der Waals surface area contributed by atoms with Gasteiger partial charge in [0.05, 0.1) is 12.2 Å². The molecule has 1 fully saturated rings. The van der Waals surface area contributed by atoms with Gasteiger partial charge in [-0.1, -0.05) is 26.2 Å². The number of rotatable bonds is 5. The standard InChI is InChI=1S/C16H22O3/c1-2-12-8-14(16(17)18)10-15(9-12)19-11-13-6-4-3-5-7-13/h8-10,13H,2-7,11H2,1H3,(H,17,18). The van der Waals surface area contributed by atoms with Crippen molar-refractivity contribution in [2.45, 2.75) is 45.4 Å². The van der Waals surface area contributed by atoms with Crippen LogP contribution in [0.25, 0.3) is 0 Å². The first kappa shape index (κ1) is 13.9. The Labute approximate surface area is 114 Å². The number of aromatic carboxylic acids is 1. The Morgan fingerprint density at radius 3 is 2.63 bits per heavy atom. The summed E-state index contributed by atoms with van der Waals surface area (Å²) >= 11 is 0. The molecule has 0 bridgehead atoms. The smallest absolute Gasteiger partial charge is 0.335 e. The summed E-state index contributed by atoms with van der Waals surface area (Å²) in [7, 11) is 0. The van der Waals surface area contributed by atoms with Crippen molar-refractivity contribution in [3.8, 4) is 5.75 Å². The van der Waals surface area contributed by atoms with Crippen LogP contribution in [0.1, 0.15) is 54.9 Å². The summed E-state index contributed by atoms with van der Waals surface area (Å²) in [5, 5.41) is 9.09. The van der Waals surface area contributed by atoms with Crippen LogP contribution < -0.4 is 4.74 Å². The van der Waals surface area contributed by atoms with Gasteiger partial charge < -0.3 is 9.84 Å². The van der Waals surface area contributed by atoms with Crippen LogP contribution in [0.15, 0.2) is 18.2 Å². The van der Waals surface area contributed by atoms with E-state index in [1.54, 1.807) is 12.1 Å². The molecule has 1 aromatic carbocycles. The molecule has 3 heteroatoms. The largest absolute Gasteiger partial charge is 0.493 e. The lowest BCUT2D eigenvalue weighted by Gasteiger charge is -2.21. The van der Waals surface area contributed by atoms with E-state index in [9.17, 15) is 4.79 Å². The zero-order valence-corrected chi connectivity index (χ0v) is 11.5. The van der Waals surface area contributed by atoms with Crippen molar-refractivity contribution < 1.29 is 14.6 Å². The lowest BCUT2D eigenvalue weighted by Crippen LogP contribution is -2.15. The summed E-state index contributed by atoms with van der Waals surface area (Å²) in [5.74, 6) is 0.437. The molecule has 2 rings (SSSR count). The first-order chi connectivity index (χ1) is 9.19. The van der Waals surface area contributed by atoms with E-state index in [0.29, 0.717) is 23.8 Å². The van der Waals surface area contributed by atoms with Gasteiger partial charge in [0, 0.05) is 0 Å². The summed E-state index contributed by atoms with van der Waals surface area (Å²) < 4.78 is 5.82. The second kappa shape index (κ2) is 6.60. The van der Waals surface area contributed by atoms with Crippen molar-refractivity contribution in [2.24, 2.45) is 5.92 Å². The maximum Gasteiger partial charge on any atom is 0.335 e. The molecule has 0 atom stereocenters. The van der Waals surface area contributed by atoms with Gasteiger partial charge in [0.1, 0.15) is 5.75 Å². The zero-order chi connectivity index (χ0) is 13.7. The Bertz CT molecular complexity index is 434. The van der Waals surface area contributed by atoms with E-state index in [1.165, 1.54) is 32.1 Å². The second-order valence-corrected chi connectivity index (χ2v) is 5.34. The molecule has 104 valence electrons. The number of aryl methyl sites for hydroxylation is 1. The number of hydrogen-bond donors (Lipinski definition) is 1. The quantitative estimate of drug-likeness (QED) is 0.875. The van der Waals surface area contributed by atoms with E-state index in [2.05, 4.69) is 0 Å². The normalized spacial score (nSPS) is 16.3. The summed E-state index contributed by atoms with van der Waals surface area (Å²) in [6.07, 6.45) is 7.22. The van der Waals surface area contributed by atoms with Gasteiger partial charge in [-0.05, 0) is 48.9 Å². The summed E-state index contributed by atoms with van der Waals surface area (Å²) in [5.41, 5.74) is 1.33. The van der Waals surface area contributed by atoms with Crippen LogP contribution in [-0.2, 0) is 6.42 Å². The Hall–Kier alpha value is -1.51. The summed E-state index contributed by atoms with van der Waals surface area (Å²) in [6.45, 7) is 2.73. The zero-order valence-electron chi connectivity index (χ0n) is 11.5. The number of carbonyl (C=O) groups is 1. The first-order valence-corrected chi connectivity index (χ1v) is 7.19. The number of carboxylic acid groups (broad SMARTS) is 1. The number of carboxylic acids is 1. The molecule has 1 aliphatic carbocycles. The predicted molar refractivity (Wildman–Crippen MR) is 74.8 cm³/mol. The molecule has 1 aliphatic rings. The van der Waals surface area contributed by atoms with Crippen molar-refractivity contribution in [2.75, 3.05) is 6.61 Å². The van der Waals surface area contributed by atoms with Crippen molar-refractivity contribution in [3.05, 3.63) is 29.3 Å². The highest BCUT2D eigenvalue weighted by molar-refractivity contribution is 5.88. The highest BCUT2D eigenvalue weighted by Crippen LogP contribution is 2.25. The van der Waals surface area contributed by atoms with Crippen LogP contribution in [0.3, 0.4) is 0 Å². The van der Waals surface area contributed by atoms with Crippen LogP contribution in [0.4, 0.5) is 0 Å². The highest BCUT2D eigenvalue weighted by Gasteiger charge is 2.14. The van der Waals surface area contributed by atoms with E-state index in [-0.39, 0.29) is 0 Å². The van der Waals surface area contributed by atoms with E-state index >= 15 is 0 Å². The third-order valence-electron chi connectivity index (χ3n) is 3.83. The minimum atomic E-state index is -0.891. The number of hydrogen-bond acceptors (Lipinski definition) is 2. The molecule has 1 saturated carbocycles. The van der Waals surface area contributed by atoms with Gasteiger partial charge in [-0.25, -0.2) is 4.79 Å². The van der Waals surface area contributed by atoms with Gasteiger partial charge in [0.15, 0.2) is 0 Å². The Morgan fingerprint density at radius 2 is 2.00 bits per heavy atom. The maximum absolute atomic E-state index is 11.1. The third kappa shape index (κ3) is 3.98. The maximum atomic E-state index is 11.1. The van der Waals surface area contributed by atoms with Gasteiger partial charge in [-0.15, -0.1) is 0 Å². The van der Waals surface area contributed by atoms with Crippen LogP contribution in [0.2, 0.25) is 0 Å². The molecular weight excluding hydrogens is 240 g/mol. The molecule has 19 heavy (non-hydrogen) atoms. The molecule has 0 unspecified atom stereocenters. The Balaban J connectivity index is 2.02. The van der Waals surface area contributed by atoms with Crippen molar-refractivity contribution in [3.63, 3.8) is 0 Å². The third-order valence-corrected chi connectivity index (χ3v) is 3.83. The van der Waals surface area contributed by atoms with Crippen LogP contribution in [-0.4, -0.2) is 17.7 Å². The van der Waals surface area contributed by atoms with E-state index < -0.39 is 5.97 Å². The van der Waals surface area contributed by atoms with E-state index in [4.69, 9.17) is 9.84 Å². The van der Waals surface area contributed by atoms with Gasteiger partial charge >= 0.3 is 5.97 Å². The molecule has 0 aliphatic heterocycles. The molecule has 0 radical (unpaired) electrons. The fourth-order valence-corrected chi connectivity index (χ4v) is 2.64. The highest BCUT2D eigenvalue weighted by atomic mass is 16.5. The molecule has 1 aromatic rings. The Morgan fingerprint density at radius 1 is 1.26 bits per heavy atom. The van der Waals surface area contributed by atoms with Crippen LogP contribution in [0.5, 0.6) is 5.75 Å². The summed E-state index contributed by atoms with van der Waals surface area (Å²) in [6, 6.07) is 5.30. The lowest BCUT2D eigenvalue weighted by atomic mass is 9.90. The van der Waals surface area contributed by atoms with Gasteiger partial charge in [0.25, 0.3) is 0 Å². The second-order valence-electron chi connectivity index (χ2n) is 5.34. The molecule has 0 aromatic heterocycles. The fourth-order valence-electron chi connectivity index (χ4n) is 2.64. The SMILES string of the molecule is CCc1cc(OCC2CCCCC2)cc(C(=O)O)c1. The van der Waals surface area contributed by atoms with Gasteiger partial charge in [-0.3, -0.25) is 0 Å². The van der Waals surface area contributed by atoms with Crippen LogP contribution in [0, 0.1) is 5.92 Å². The van der Waals surface area contributed by atoms with Gasteiger partial charge in [0.2, 0.25) is 0 Å². The monoisotopic (exact) mass is 262 g/mol. The topological polar surface area (TPSA) is 46.5 Å². The fraction of sp³-hybridized carbons (Fsp3) is 0.562. The average molecular weight is 262 g/mol. The molecule has 0 amide bonds. The van der Waals surface area contributed by atoms with Crippen molar-refractivity contribution in [1.82, 2.24) is 0 Å². The summed E-state index contributed by atoms with van der Waals surface area (Å²) in [4.78, 5) is 11.1. The Kier molecular flexibility index (Phi) is 4.83. The minimum Gasteiger partial charge on any atom is -0.493 e. The first-order valence-electron chi connectivity index (χ1n) is 7.19. The van der Waals surface area contributed by atoms with E-state index in [0.717, 1.165) is 12.0 Å². The lowest BCUT2D eigenvalue weighted by molar-refractivity contribution is 0.0696. The van der Waals surface area contributed by atoms with E-state index in [1.807, 2.05) is 13.0 Å². The molecule has 1 N–H and O–H groups in total. The predicted octanol–water partition coefficient (Wildman–Crippen LogP) is 3.91. The molecular formula is C16H22O3. The molecule has 0 heterocycles. The van der Waals surface area contributed by atoms with Crippen LogP contribution >= 0.6 is 0 Å². The van der Waals surface area contributed by atoms with Crippen molar-refractivity contribution >= 4 is 5.97 Å². The molecule has 0 spiro atoms. The van der Waals surface area contributed by atoms with Crippen molar-refractivity contribution in [1.29, 1.82) is 0 Å². The molecule has 0 saturated heterocycles. The minimum absolute atomic E-state index is 0.318. The van der Waals surface area contributed by atoms with Gasteiger partial charge in [-0.2, -0.15) is 0 Å². The molecule has 3 nitrogen and oxygen atoms in total. The number of benzene rings is 1. The number of ether oxygens (including phenoxy) is 1.